The van der Waals surface area contributed by atoms with Crippen LogP contribution in [-0.4, -0.2) is 41.8 Å². The first-order chi connectivity index (χ1) is 9.54. The van der Waals surface area contributed by atoms with E-state index in [1.165, 1.54) is 18.2 Å². The van der Waals surface area contributed by atoms with E-state index in [4.69, 9.17) is 9.84 Å². The SMILES string of the molecule is CC1COCCN1Cc1cc(F)cc(C=CC(=O)O)c1. The molecule has 108 valence electrons. The van der Waals surface area contributed by atoms with Gasteiger partial charge in [0.15, 0.2) is 0 Å². The molecule has 0 bridgehead atoms. The van der Waals surface area contributed by atoms with Crippen molar-refractivity contribution in [3.8, 4) is 0 Å². The summed E-state index contributed by atoms with van der Waals surface area (Å²) < 4.78 is 18.9. The van der Waals surface area contributed by atoms with E-state index in [9.17, 15) is 9.18 Å². The maximum Gasteiger partial charge on any atom is 0.328 e. The van der Waals surface area contributed by atoms with E-state index < -0.39 is 5.97 Å². The van der Waals surface area contributed by atoms with Crippen LogP contribution in [0.4, 0.5) is 4.39 Å². The van der Waals surface area contributed by atoms with Crippen LogP contribution in [0.1, 0.15) is 18.1 Å². The lowest BCUT2D eigenvalue weighted by Crippen LogP contribution is -2.42. The van der Waals surface area contributed by atoms with Crippen LogP contribution < -0.4 is 0 Å². The Morgan fingerprint density at radius 2 is 2.35 bits per heavy atom. The molecule has 0 radical (unpaired) electrons. The smallest absolute Gasteiger partial charge is 0.328 e. The number of benzene rings is 1. The third-order valence-electron chi connectivity index (χ3n) is 3.29. The van der Waals surface area contributed by atoms with E-state index in [0.717, 1.165) is 18.2 Å². The number of aliphatic carboxylic acids is 1. The van der Waals surface area contributed by atoms with Crippen LogP contribution in [0, 0.1) is 5.82 Å². The second kappa shape index (κ2) is 6.63. The van der Waals surface area contributed by atoms with E-state index in [-0.39, 0.29) is 5.82 Å². The average Bonchev–Trinajstić information content (AvgIpc) is 2.38. The summed E-state index contributed by atoms with van der Waals surface area (Å²) in [5, 5.41) is 8.61. The fourth-order valence-corrected chi connectivity index (χ4v) is 2.26. The van der Waals surface area contributed by atoms with Crippen molar-refractivity contribution in [1.29, 1.82) is 0 Å². The Morgan fingerprint density at radius 3 is 3.05 bits per heavy atom. The van der Waals surface area contributed by atoms with Gasteiger partial charge in [0.1, 0.15) is 5.82 Å². The van der Waals surface area contributed by atoms with Crippen molar-refractivity contribution in [1.82, 2.24) is 4.90 Å². The predicted molar refractivity (Wildman–Crippen MR) is 73.8 cm³/mol. The Labute approximate surface area is 117 Å². The summed E-state index contributed by atoms with van der Waals surface area (Å²) in [6.45, 7) is 4.89. The monoisotopic (exact) mass is 279 g/mol. The first-order valence-corrected chi connectivity index (χ1v) is 6.57. The summed E-state index contributed by atoms with van der Waals surface area (Å²) in [5.74, 6) is -1.40. The van der Waals surface area contributed by atoms with Gasteiger partial charge in [-0.25, -0.2) is 9.18 Å². The second-order valence-electron chi connectivity index (χ2n) is 4.96. The van der Waals surface area contributed by atoms with Gasteiger partial charge in [-0.05, 0) is 36.3 Å². The van der Waals surface area contributed by atoms with Crippen molar-refractivity contribution >= 4 is 12.0 Å². The van der Waals surface area contributed by atoms with Crippen LogP contribution >= 0.6 is 0 Å². The molecule has 1 aromatic rings. The fourth-order valence-electron chi connectivity index (χ4n) is 2.26. The zero-order chi connectivity index (χ0) is 14.5. The number of nitrogens with zero attached hydrogens (tertiary/aromatic N) is 1. The summed E-state index contributed by atoms with van der Waals surface area (Å²) in [6.07, 6.45) is 2.41. The third-order valence-corrected chi connectivity index (χ3v) is 3.29. The summed E-state index contributed by atoms with van der Waals surface area (Å²) in [5.41, 5.74) is 1.40. The molecule has 5 heteroatoms. The second-order valence-corrected chi connectivity index (χ2v) is 4.96. The van der Waals surface area contributed by atoms with Gasteiger partial charge >= 0.3 is 5.97 Å². The minimum absolute atomic E-state index is 0.296. The van der Waals surface area contributed by atoms with Gasteiger partial charge in [-0.1, -0.05) is 6.07 Å². The molecule has 0 saturated carbocycles. The Hall–Kier alpha value is -1.72. The van der Waals surface area contributed by atoms with Crippen LogP contribution in [0.5, 0.6) is 0 Å². The minimum atomic E-state index is -1.04. The molecule has 1 aliphatic rings. The Bertz CT molecular complexity index is 516. The number of halogens is 1. The molecule has 1 fully saturated rings. The molecular formula is C15H18FNO3. The number of carboxylic acid groups (broad SMARTS) is 1. The van der Waals surface area contributed by atoms with E-state index in [2.05, 4.69) is 11.8 Å². The summed E-state index contributed by atoms with van der Waals surface area (Å²) >= 11 is 0. The number of carbonyl (C=O) groups is 1. The van der Waals surface area contributed by atoms with Crippen molar-refractivity contribution in [2.75, 3.05) is 19.8 Å². The van der Waals surface area contributed by atoms with Crippen LogP contribution in [0.25, 0.3) is 6.08 Å². The maximum absolute atomic E-state index is 13.6. The van der Waals surface area contributed by atoms with E-state index in [1.54, 1.807) is 0 Å². The summed E-state index contributed by atoms with van der Waals surface area (Å²) in [7, 11) is 0. The molecule has 0 aromatic heterocycles. The molecule has 0 spiro atoms. The molecule has 0 aliphatic carbocycles. The highest BCUT2D eigenvalue weighted by Crippen LogP contribution is 2.16. The van der Waals surface area contributed by atoms with Crippen molar-refractivity contribution < 1.29 is 19.0 Å². The molecular weight excluding hydrogens is 261 g/mol. The lowest BCUT2D eigenvalue weighted by Gasteiger charge is -2.33. The van der Waals surface area contributed by atoms with Gasteiger partial charge in [-0.3, -0.25) is 4.90 Å². The zero-order valence-electron chi connectivity index (χ0n) is 11.4. The average molecular weight is 279 g/mol. The van der Waals surface area contributed by atoms with Gasteiger partial charge in [0.2, 0.25) is 0 Å². The summed E-state index contributed by atoms with van der Waals surface area (Å²) in [6, 6.07) is 4.92. The van der Waals surface area contributed by atoms with Crippen molar-refractivity contribution in [2.45, 2.75) is 19.5 Å². The molecule has 1 aliphatic heterocycles. The van der Waals surface area contributed by atoms with Crippen LogP contribution in [-0.2, 0) is 16.1 Å². The van der Waals surface area contributed by atoms with Crippen LogP contribution in [0.3, 0.4) is 0 Å². The van der Waals surface area contributed by atoms with Crippen molar-refractivity contribution in [2.24, 2.45) is 0 Å². The van der Waals surface area contributed by atoms with Crippen LogP contribution in [0.2, 0.25) is 0 Å². The van der Waals surface area contributed by atoms with Gasteiger partial charge < -0.3 is 9.84 Å². The number of rotatable bonds is 4. The highest BCUT2D eigenvalue weighted by molar-refractivity contribution is 5.85. The molecule has 20 heavy (non-hydrogen) atoms. The van der Waals surface area contributed by atoms with E-state index >= 15 is 0 Å². The molecule has 1 N–H and O–H groups in total. The molecule has 1 saturated heterocycles. The largest absolute Gasteiger partial charge is 0.478 e. The quantitative estimate of drug-likeness (QED) is 0.858. The number of hydrogen-bond acceptors (Lipinski definition) is 3. The highest BCUT2D eigenvalue weighted by Gasteiger charge is 2.18. The molecule has 0 amide bonds. The highest BCUT2D eigenvalue weighted by atomic mass is 19.1. The Kier molecular flexibility index (Phi) is 4.87. The minimum Gasteiger partial charge on any atom is -0.478 e. The molecule has 1 unspecified atom stereocenters. The topological polar surface area (TPSA) is 49.8 Å². The fraction of sp³-hybridized carbons (Fsp3) is 0.400. The van der Waals surface area contributed by atoms with Gasteiger partial charge in [0.05, 0.1) is 13.2 Å². The lowest BCUT2D eigenvalue weighted by atomic mass is 10.1. The molecule has 1 aromatic carbocycles. The van der Waals surface area contributed by atoms with Crippen molar-refractivity contribution in [3.63, 3.8) is 0 Å². The molecule has 1 atom stereocenters. The van der Waals surface area contributed by atoms with Crippen molar-refractivity contribution in [3.05, 3.63) is 41.2 Å². The number of hydrogen-bond donors (Lipinski definition) is 1. The van der Waals surface area contributed by atoms with Gasteiger partial charge in [0.25, 0.3) is 0 Å². The Morgan fingerprint density at radius 1 is 1.55 bits per heavy atom. The maximum atomic E-state index is 13.6. The normalized spacial score (nSPS) is 20.4. The van der Waals surface area contributed by atoms with Gasteiger partial charge in [-0.2, -0.15) is 0 Å². The standard InChI is InChI=1S/C15H18FNO3/c1-11-10-20-5-4-17(11)9-13-6-12(2-3-15(18)19)7-14(16)8-13/h2-3,6-8,11H,4-5,9-10H2,1H3,(H,18,19). The molecule has 4 nitrogen and oxygen atoms in total. The summed E-state index contributed by atoms with van der Waals surface area (Å²) in [4.78, 5) is 12.7. The lowest BCUT2D eigenvalue weighted by molar-refractivity contribution is -0.131. The zero-order valence-corrected chi connectivity index (χ0v) is 11.4. The number of carboxylic acids is 1. The van der Waals surface area contributed by atoms with Gasteiger partial charge in [-0.15, -0.1) is 0 Å². The van der Waals surface area contributed by atoms with Gasteiger partial charge in [0, 0.05) is 25.2 Å². The first kappa shape index (κ1) is 14.7. The third kappa shape index (κ3) is 4.15. The number of morpholine rings is 1. The first-order valence-electron chi connectivity index (χ1n) is 6.57. The Balaban J connectivity index is 2.13. The van der Waals surface area contributed by atoms with Crippen LogP contribution in [0.15, 0.2) is 24.3 Å². The molecule has 2 rings (SSSR count). The van der Waals surface area contributed by atoms with E-state index in [1.807, 2.05) is 6.07 Å². The molecule has 1 heterocycles. The number of ether oxygens (including phenoxy) is 1. The predicted octanol–water partition coefficient (Wildman–Crippen LogP) is 2.14. The van der Waals surface area contributed by atoms with E-state index in [0.29, 0.717) is 31.4 Å².